The molecule has 3 rings (SSSR count). The monoisotopic (exact) mass is 259 g/mol. The third-order valence-corrected chi connectivity index (χ3v) is 3.58. The van der Waals surface area contributed by atoms with Crippen LogP contribution in [0.15, 0.2) is 35.5 Å². The number of hydrogen-bond donors (Lipinski definition) is 0. The van der Waals surface area contributed by atoms with Gasteiger partial charge in [-0.3, -0.25) is 14.4 Å². The van der Waals surface area contributed by atoms with Crippen LogP contribution in [0.1, 0.15) is 18.0 Å². The second kappa shape index (κ2) is 4.97. The summed E-state index contributed by atoms with van der Waals surface area (Å²) in [4.78, 5) is 13.9. The normalized spacial score (nSPS) is 19.9. The standard InChI is InChI=1S/C13H17N5O/c1-16-13(19)7-11(8-15-16)9-17-6-3-12(10-17)18-5-2-4-14-18/h2,4-5,7-8,12H,3,6,9-10H2,1H3. The summed E-state index contributed by atoms with van der Waals surface area (Å²) in [5, 5.41) is 8.34. The number of likely N-dealkylation sites (tertiary alicyclic amines) is 1. The highest BCUT2D eigenvalue weighted by Gasteiger charge is 2.24. The van der Waals surface area contributed by atoms with Crippen molar-refractivity contribution in [1.82, 2.24) is 24.5 Å². The van der Waals surface area contributed by atoms with Gasteiger partial charge in [0.25, 0.3) is 5.56 Å². The molecule has 2 aromatic rings. The van der Waals surface area contributed by atoms with Crippen molar-refractivity contribution in [3.63, 3.8) is 0 Å². The Hall–Kier alpha value is -1.95. The molecule has 100 valence electrons. The number of rotatable bonds is 3. The molecule has 1 fully saturated rings. The van der Waals surface area contributed by atoms with E-state index in [0.29, 0.717) is 6.04 Å². The lowest BCUT2D eigenvalue weighted by Gasteiger charge is -2.16. The molecule has 0 radical (unpaired) electrons. The van der Waals surface area contributed by atoms with E-state index in [4.69, 9.17) is 0 Å². The van der Waals surface area contributed by atoms with Crippen molar-refractivity contribution in [3.8, 4) is 0 Å². The van der Waals surface area contributed by atoms with Crippen molar-refractivity contribution in [3.05, 3.63) is 46.6 Å². The van der Waals surface area contributed by atoms with Crippen LogP contribution in [-0.2, 0) is 13.6 Å². The van der Waals surface area contributed by atoms with E-state index in [2.05, 4.69) is 15.1 Å². The van der Waals surface area contributed by atoms with Crippen LogP contribution in [-0.4, -0.2) is 37.6 Å². The summed E-state index contributed by atoms with van der Waals surface area (Å²) in [6.45, 7) is 2.78. The Kier molecular flexibility index (Phi) is 3.16. The Morgan fingerprint density at radius 2 is 2.32 bits per heavy atom. The highest BCUT2D eigenvalue weighted by atomic mass is 16.1. The van der Waals surface area contributed by atoms with Crippen LogP contribution in [0.4, 0.5) is 0 Å². The van der Waals surface area contributed by atoms with Crippen LogP contribution in [0.5, 0.6) is 0 Å². The van der Waals surface area contributed by atoms with E-state index in [1.807, 2.05) is 23.1 Å². The average Bonchev–Trinajstić information content (AvgIpc) is 3.04. The maximum atomic E-state index is 11.5. The van der Waals surface area contributed by atoms with Gasteiger partial charge in [-0.2, -0.15) is 10.2 Å². The first-order valence-corrected chi connectivity index (χ1v) is 6.46. The summed E-state index contributed by atoms with van der Waals surface area (Å²) in [6.07, 6.45) is 6.68. The molecule has 1 unspecified atom stereocenters. The third-order valence-electron chi connectivity index (χ3n) is 3.58. The minimum Gasteiger partial charge on any atom is -0.297 e. The van der Waals surface area contributed by atoms with Gasteiger partial charge in [-0.05, 0) is 18.1 Å². The number of aryl methyl sites for hydroxylation is 1. The van der Waals surface area contributed by atoms with Gasteiger partial charge in [0.2, 0.25) is 0 Å². The fourth-order valence-corrected chi connectivity index (χ4v) is 2.52. The first-order chi connectivity index (χ1) is 9.22. The van der Waals surface area contributed by atoms with Crippen LogP contribution < -0.4 is 5.56 Å². The molecule has 0 bridgehead atoms. The van der Waals surface area contributed by atoms with Crippen molar-refractivity contribution in [1.29, 1.82) is 0 Å². The van der Waals surface area contributed by atoms with E-state index in [9.17, 15) is 4.79 Å². The Balaban J connectivity index is 1.65. The number of hydrogen-bond acceptors (Lipinski definition) is 4. The van der Waals surface area contributed by atoms with Crippen molar-refractivity contribution < 1.29 is 0 Å². The van der Waals surface area contributed by atoms with E-state index in [1.165, 1.54) is 4.68 Å². The van der Waals surface area contributed by atoms with Crippen LogP contribution in [0, 0.1) is 0 Å². The maximum absolute atomic E-state index is 11.5. The van der Waals surface area contributed by atoms with Gasteiger partial charge in [-0.15, -0.1) is 0 Å². The Bertz CT molecular complexity index is 604. The first kappa shape index (κ1) is 12.1. The van der Waals surface area contributed by atoms with E-state index in [0.717, 1.165) is 31.6 Å². The molecule has 0 amide bonds. The Morgan fingerprint density at radius 3 is 3.05 bits per heavy atom. The lowest BCUT2D eigenvalue weighted by molar-refractivity contribution is 0.310. The van der Waals surface area contributed by atoms with E-state index in [1.54, 1.807) is 19.3 Å². The van der Waals surface area contributed by atoms with Crippen molar-refractivity contribution >= 4 is 0 Å². The van der Waals surface area contributed by atoms with Crippen LogP contribution in [0.25, 0.3) is 0 Å². The zero-order valence-electron chi connectivity index (χ0n) is 10.9. The second-order valence-corrected chi connectivity index (χ2v) is 4.99. The molecule has 1 saturated heterocycles. The molecule has 6 heteroatoms. The summed E-state index contributed by atoms with van der Waals surface area (Å²) >= 11 is 0. The van der Waals surface area contributed by atoms with Gasteiger partial charge in [-0.1, -0.05) is 0 Å². The summed E-state index contributed by atoms with van der Waals surface area (Å²) in [5.41, 5.74) is 0.921. The van der Waals surface area contributed by atoms with E-state index < -0.39 is 0 Å². The van der Waals surface area contributed by atoms with Gasteiger partial charge in [0, 0.05) is 45.1 Å². The van der Waals surface area contributed by atoms with Crippen molar-refractivity contribution in [2.24, 2.45) is 7.05 Å². The molecule has 0 spiro atoms. The molecule has 1 aliphatic rings. The number of aromatic nitrogens is 4. The molecule has 2 aromatic heterocycles. The van der Waals surface area contributed by atoms with Gasteiger partial charge in [0.05, 0.1) is 12.2 Å². The van der Waals surface area contributed by atoms with E-state index >= 15 is 0 Å². The van der Waals surface area contributed by atoms with Gasteiger partial charge >= 0.3 is 0 Å². The van der Waals surface area contributed by atoms with Crippen LogP contribution in [0.3, 0.4) is 0 Å². The lowest BCUT2D eigenvalue weighted by Crippen LogP contribution is -2.24. The number of nitrogens with zero attached hydrogens (tertiary/aromatic N) is 5. The highest BCUT2D eigenvalue weighted by Crippen LogP contribution is 2.21. The first-order valence-electron chi connectivity index (χ1n) is 6.46. The highest BCUT2D eigenvalue weighted by molar-refractivity contribution is 5.06. The Labute approximate surface area is 111 Å². The fraction of sp³-hybridized carbons (Fsp3) is 0.462. The largest absolute Gasteiger partial charge is 0.297 e. The molecular formula is C13H17N5O. The van der Waals surface area contributed by atoms with Crippen LogP contribution >= 0.6 is 0 Å². The molecule has 0 saturated carbocycles. The minimum atomic E-state index is -0.0553. The molecule has 0 aromatic carbocycles. The molecule has 3 heterocycles. The summed E-state index contributed by atoms with van der Waals surface area (Å²) in [6, 6.07) is 4.05. The smallest absolute Gasteiger partial charge is 0.266 e. The van der Waals surface area contributed by atoms with Crippen molar-refractivity contribution in [2.45, 2.75) is 19.0 Å². The summed E-state index contributed by atoms with van der Waals surface area (Å²) in [7, 11) is 1.66. The molecule has 19 heavy (non-hydrogen) atoms. The topological polar surface area (TPSA) is 56.0 Å². The molecule has 0 aliphatic carbocycles. The molecule has 6 nitrogen and oxygen atoms in total. The van der Waals surface area contributed by atoms with Gasteiger partial charge < -0.3 is 0 Å². The van der Waals surface area contributed by atoms with Gasteiger partial charge in [0.1, 0.15) is 0 Å². The van der Waals surface area contributed by atoms with Crippen LogP contribution in [0.2, 0.25) is 0 Å². The molecular weight excluding hydrogens is 242 g/mol. The summed E-state index contributed by atoms with van der Waals surface area (Å²) in [5.74, 6) is 0. The zero-order valence-corrected chi connectivity index (χ0v) is 10.9. The molecule has 1 atom stereocenters. The lowest BCUT2D eigenvalue weighted by atomic mass is 10.3. The van der Waals surface area contributed by atoms with Gasteiger partial charge in [-0.25, -0.2) is 4.68 Å². The third kappa shape index (κ3) is 2.58. The minimum absolute atomic E-state index is 0.0553. The SMILES string of the molecule is Cn1ncc(CN2CCC(n3cccn3)C2)cc1=O. The second-order valence-electron chi connectivity index (χ2n) is 4.99. The zero-order chi connectivity index (χ0) is 13.2. The fourth-order valence-electron chi connectivity index (χ4n) is 2.52. The quantitative estimate of drug-likeness (QED) is 0.802. The maximum Gasteiger partial charge on any atom is 0.266 e. The van der Waals surface area contributed by atoms with Crippen molar-refractivity contribution in [2.75, 3.05) is 13.1 Å². The summed E-state index contributed by atoms with van der Waals surface area (Å²) < 4.78 is 3.36. The van der Waals surface area contributed by atoms with E-state index in [-0.39, 0.29) is 5.56 Å². The van der Waals surface area contributed by atoms with Gasteiger partial charge in [0.15, 0.2) is 0 Å². The predicted molar refractivity (Wildman–Crippen MR) is 70.6 cm³/mol. The predicted octanol–water partition coefficient (Wildman–Crippen LogP) is 0.424. The molecule has 1 aliphatic heterocycles. The average molecular weight is 259 g/mol. The Morgan fingerprint density at radius 1 is 1.42 bits per heavy atom. The molecule has 0 N–H and O–H groups in total.